The van der Waals surface area contributed by atoms with Gasteiger partial charge in [0.25, 0.3) is 0 Å². The largest absolute Gasteiger partial charge is 0.472 e. The van der Waals surface area contributed by atoms with Crippen molar-refractivity contribution in [2.45, 2.75) is 329 Å². The van der Waals surface area contributed by atoms with Crippen molar-refractivity contribution in [3.63, 3.8) is 0 Å². The van der Waals surface area contributed by atoms with Crippen molar-refractivity contribution in [2.24, 2.45) is 0 Å². The molecule has 0 aromatic rings. The molecule has 0 aliphatic carbocycles. The normalized spacial score (nSPS) is 14.6. The Hall–Kier alpha value is -4.80. The number of phosphoric acid groups is 2. The molecule has 0 rings (SSSR count). The number of hydrogen-bond donors (Lipinski definition) is 3. The predicted octanol–water partition coefficient (Wildman–Crippen LogP) is 22.9. The Balaban J connectivity index is 5.40. The summed E-state index contributed by atoms with van der Waals surface area (Å²) in [7, 11) is -9.98. The lowest BCUT2D eigenvalue weighted by Gasteiger charge is -2.21. The molecule has 5 atom stereocenters. The monoisotopic (exact) mass is 1470 g/mol. The zero-order valence-corrected chi connectivity index (χ0v) is 65.5. The lowest BCUT2D eigenvalue weighted by atomic mass is 10.1. The lowest BCUT2D eigenvalue weighted by molar-refractivity contribution is -0.161. The van der Waals surface area contributed by atoms with Crippen molar-refractivity contribution in [1.82, 2.24) is 0 Å². The molecule has 0 saturated heterocycles. The fourth-order valence-electron chi connectivity index (χ4n) is 10.1. The summed E-state index contributed by atoms with van der Waals surface area (Å²) in [6.45, 7) is 4.49. The van der Waals surface area contributed by atoms with Gasteiger partial charge in [0.2, 0.25) is 0 Å². The molecule has 0 bridgehead atoms. The van der Waals surface area contributed by atoms with E-state index in [-0.39, 0.29) is 25.7 Å². The molecule has 0 aliphatic rings. The Bertz CT molecular complexity index is 2460. The molecule has 19 heteroatoms. The molecule has 17 nitrogen and oxygen atoms in total. The summed E-state index contributed by atoms with van der Waals surface area (Å²) in [5, 5.41) is 10.6. The summed E-state index contributed by atoms with van der Waals surface area (Å²) in [4.78, 5) is 73.0. The zero-order chi connectivity index (χ0) is 74.6. The number of hydrogen-bond acceptors (Lipinski definition) is 15. The van der Waals surface area contributed by atoms with Crippen LogP contribution in [0.25, 0.3) is 0 Å². The van der Waals surface area contributed by atoms with Crippen LogP contribution in [-0.2, 0) is 65.4 Å². The predicted molar refractivity (Wildman–Crippen MR) is 418 cm³/mol. The molecule has 0 fully saturated rings. The van der Waals surface area contributed by atoms with Gasteiger partial charge >= 0.3 is 39.5 Å². The number of unbranched alkanes of at least 4 members (excludes halogenated alkanes) is 25. The summed E-state index contributed by atoms with van der Waals surface area (Å²) >= 11 is 0. The van der Waals surface area contributed by atoms with E-state index in [0.29, 0.717) is 25.7 Å². The van der Waals surface area contributed by atoms with Crippen molar-refractivity contribution in [1.29, 1.82) is 0 Å². The smallest absolute Gasteiger partial charge is 0.462 e. The van der Waals surface area contributed by atoms with Crippen LogP contribution in [0.5, 0.6) is 0 Å². The number of phosphoric ester groups is 2. The Labute approximate surface area is 618 Å². The first-order chi connectivity index (χ1) is 49.7. The Morgan fingerprint density at radius 1 is 0.284 bits per heavy atom. The second-order valence-electron chi connectivity index (χ2n) is 25.9. The number of esters is 4. The maximum absolute atomic E-state index is 13.1. The highest BCUT2D eigenvalue weighted by Gasteiger charge is 2.30. The second kappa shape index (κ2) is 74.5. The number of allylic oxidation sites excluding steroid dienone is 22. The molecule has 0 amide bonds. The van der Waals surface area contributed by atoms with Gasteiger partial charge in [-0.25, -0.2) is 9.13 Å². The van der Waals surface area contributed by atoms with Crippen LogP contribution < -0.4 is 0 Å². The van der Waals surface area contributed by atoms with Crippen LogP contribution in [0.1, 0.15) is 310 Å². The Morgan fingerprint density at radius 2 is 0.529 bits per heavy atom. The number of carbonyl (C=O) groups is 4. The van der Waals surface area contributed by atoms with E-state index in [0.717, 1.165) is 193 Å². The summed E-state index contributed by atoms with van der Waals surface area (Å²) < 4.78 is 68.5. The number of aliphatic hydroxyl groups is 1. The van der Waals surface area contributed by atoms with Crippen LogP contribution in [0.2, 0.25) is 0 Å². The number of rotatable bonds is 73. The minimum absolute atomic E-state index is 0.0664. The topological polar surface area (TPSA) is 237 Å². The van der Waals surface area contributed by atoms with E-state index in [4.69, 9.17) is 37.0 Å². The summed E-state index contributed by atoms with van der Waals surface area (Å²) in [6.07, 6.45) is 82.9. The molecule has 0 heterocycles. The molecule has 0 spiro atoms. The molecule has 5 unspecified atom stereocenters. The van der Waals surface area contributed by atoms with Crippen LogP contribution in [0, 0.1) is 0 Å². The van der Waals surface area contributed by atoms with Crippen LogP contribution in [-0.4, -0.2) is 96.7 Å². The van der Waals surface area contributed by atoms with Gasteiger partial charge in [0, 0.05) is 25.7 Å². The number of aliphatic hydroxyl groups excluding tert-OH is 1. The summed E-state index contributed by atoms with van der Waals surface area (Å²) in [5.74, 6) is -2.26. The highest BCUT2D eigenvalue weighted by Crippen LogP contribution is 2.45. The zero-order valence-electron chi connectivity index (χ0n) is 63.7. The van der Waals surface area contributed by atoms with Gasteiger partial charge in [-0.1, -0.05) is 264 Å². The van der Waals surface area contributed by atoms with Gasteiger partial charge in [-0.05, 0) is 154 Å². The van der Waals surface area contributed by atoms with Gasteiger partial charge in [0.1, 0.15) is 19.3 Å². The van der Waals surface area contributed by atoms with Crippen LogP contribution in [0.3, 0.4) is 0 Å². The van der Waals surface area contributed by atoms with Crippen LogP contribution in [0.4, 0.5) is 0 Å². The fourth-order valence-corrected chi connectivity index (χ4v) is 11.7. The molecule has 0 aromatic carbocycles. The maximum Gasteiger partial charge on any atom is 0.472 e. The van der Waals surface area contributed by atoms with Gasteiger partial charge in [-0.2, -0.15) is 0 Å². The van der Waals surface area contributed by atoms with Crippen LogP contribution in [0.15, 0.2) is 134 Å². The van der Waals surface area contributed by atoms with Gasteiger partial charge in [0.15, 0.2) is 12.2 Å². The minimum Gasteiger partial charge on any atom is -0.462 e. The third kappa shape index (κ3) is 73.5. The van der Waals surface area contributed by atoms with Crippen molar-refractivity contribution >= 4 is 39.5 Å². The van der Waals surface area contributed by atoms with E-state index in [1.54, 1.807) is 0 Å². The molecule has 584 valence electrons. The first-order valence-electron chi connectivity index (χ1n) is 39.4. The molecule has 0 aliphatic heterocycles. The average molecular weight is 1470 g/mol. The molecule has 0 saturated carbocycles. The van der Waals surface area contributed by atoms with E-state index >= 15 is 0 Å². The highest BCUT2D eigenvalue weighted by atomic mass is 31.2. The van der Waals surface area contributed by atoms with Gasteiger partial charge < -0.3 is 33.8 Å². The Morgan fingerprint density at radius 3 is 0.853 bits per heavy atom. The highest BCUT2D eigenvalue weighted by molar-refractivity contribution is 7.47. The lowest BCUT2D eigenvalue weighted by Crippen LogP contribution is -2.30. The van der Waals surface area contributed by atoms with E-state index < -0.39 is 97.5 Å². The molecular formula is C83H140O17P2. The van der Waals surface area contributed by atoms with E-state index in [1.807, 2.05) is 0 Å². The summed E-state index contributed by atoms with van der Waals surface area (Å²) in [6, 6.07) is 0. The van der Waals surface area contributed by atoms with Crippen molar-refractivity contribution in [3.8, 4) is 0 Å². The number of ether oxygens (including phenoxy) is 4. The van der Waals surface area contributed by atoms with E-state index in [2.05, 4.69) is 161 Å². The van der Waals surface area contributed by atoms with Crippen molar-refractivity contribution < 1.29 is 80.2 Å². The van der Waals surface area contributed by atoms with Gasteiger partial charge in [-0.3, -0.25) is 37.3 Å². The standard InChI is InChI=1S/C83H140O17P2/c1-5-9-13-17-21-25-29-33-36-37-38-39-42-45-48-52-56-60-64-68-81(86)94-74-79(100-83(88)70-66-62-58-54-50-46-41-35-31-27-23-19-15-11-7-3)76-98-102(91,92)96-72-77(84)71-95-101(89,90)97-75-78(99-82(87)69-65-61-57-53-49-43-32-28-24-20-16-12-8-4)73-93-80(85)67-63-59-55-51-47-44-40-34-30-26-22-18-14-10-6-2/h9-10,13-14,16,20-22,25-26,28,32-36,38-41,47,51,77-79,84H,5-8,11-12,15,17-19,23-24,27,29-31,37,42-46,48-50,52-76H2,1-4H3,(H,89,90)(H,91,92)/b13-9-,14-10-,20-16-,25-21-,26-22-,32-28-,36-33-,39-38-,40-34-,41-35-,51-47-. The molecule has 3 N–H and O–H groups in total. The second-order valence-corrected chi connectivity index (χ2v) is 28.8. The van der Waals surface area contributed by atoms with E-state index in [9.17, 15) is 43.2 Å². The molecule has 102 heavy (non-hydrogen) atoms. The van der Waals surface area contributed by atoms with Gasteiger partial charge in [0.05, 0.1) is 26.4 Å². The first kappa shape index (κ1) is 97.2. The maximum atomic E-state index is 13.1. The van der Waals surface area contributed by atoms with Gasteiger partial charge in [-0.15, -0.1) is 0 Å². The number of carbonyl (C=O) groups excluding carboxylic acids is 4. The van der Waals surface area contributed by atoms with Crippen molar-refractivity contribution in [3.05, 3.63) is 134 Å². The third-order valence-electron chi connectivity index (χ3n) is 16.1. The first-order valence-corrected chi connectivity index (χ1v) is 42.4. The summed E-state index contributed by atoms with van der Waals surface area (Å²) in [5.41, 5.74) is 0. The molecular weight excluding hydrogens is 1330 g/mol. The molecule has 0 radical (unpaired) electrons. The average Bonchev–Trinajstić information content (AvgIpc) is 0.924. The fraction of sp³-hybridized carbons (Fsp3) is 0.687. The quantitative estimate of drug-likeness (QED) is 0.0169. The van der Waals surface area contributed by atoms with E-state index in [1.165, 1.54) is 38.5 Å². The van der Waals surface area contributed by atoms with Crippen LogP contribution >= 0.6 is 15.6 Å². The third-order valence-corrected chi connectivity index (χ3v) is 18.0. The molecule has 0 aromatic heterocycles. The van der Waals surface area contributed by atoms with Crippen molar-refractivity contribution in [2.75, 3.05) is 39.6 Å². The SMILES string of the molecule is CC/C=C\C/C=C\C/C=C\C/C=C\CCCCCCCCC(=O)OCC(COP(=O)(O)OCC(O)COP(=O)(O)OCC(COC(=O)CCCC/C=C\C/C=C\C/C=C\C/C=C\CC)OC(=O)CCCCCCC/C=C\C/C=C\CCC)OC(=O)CCCCCCC/C=C\CCCCCCCC. The Kier molecular flexibility index (Phi) is 71.0. The minimum atomic E-state index is -4.99.